The van der Waals surface area contributed by atoms with E-state index in [4.69, 9.17) is 11.6 Å². The van der Waals surface area contributed by atoms with E-state index < -0.39 is 21.6 Å². The van der Waals surface area contributed by atoms with Crippen molar-refractivity contribution in [3.8, 4) is 0 Å². The predicted molar refractivity (Wildman–Crippen MR) is 112 cm³/mol. The summed E-state index contributed by atoms with van der Waals surface area (Å²) in [6.45, 7) is 5.32. The third-order valence-electron chi connectivity index (χ3n) is 5.46. The van der Waals surface area contributed by atoms with E-state index in [1.807, 2.05) is 6.92 Å². The van der Waals surface area contributed by atoms with Crippen LogP contribution >= 0.6 is 11.6 Å². The van der Waals surface area contributed by atoms with Crippen molar-refractivity contribution < 1.29 is 17.6 Å². The van der Waals surface area contributed by atoms with Gasteiger partial charge in [0.15, 0.2) is 11.6 Å². The van der Waals surface area contributed by atoms with Gasteiger partial charge in [-0.15, -0.1) is 11.6 Å². The van der Waals surface area contributed by atoms with Gasteiger partial charge in [-0.2, -0.15) is 0 Å². The lowest BCUT2D eigenvalue weighted by Gasteiger charge is -2.14. The standard InChI is InChI=1S/C22H21ClFNO3S/c1-12-8-13(2)22(14(3)9-12)29(27,28)25-11-18(19(26)10-23)17-7-6-16(15-4-5-15)20(24)21(17)25/h6-9,11,15H,4-5,10H2,1-3H3. The van der Waals surface area contributed by atoms with Crippen LogP contribution in [0.4, 0.5) is 4.39 Å². The summed E-state index contributed by atoms with van der Waals surface area (Å²) < 4.78 is 43.7. The third-order valence-corrected chi connectivity index (χ3v) is 7.67. The zero-order chi connectivity index (χ0) is 21.1. The van der Waals surface area contributed by atoms with Gasteiger partial charge in [-0.25, -0.2) is 16.8 Å². The van der Waals surface area contributed by atoms with Gasteiger partial charge in [0.1, 0.15) is 5.52 Å². The Kier molecular flexibility index (Phi) is 4.82. The fourth-order valence-corrected chi connectivity index (χ4v) is 6.07. The fraction of sp³-hybridized carbons (Fsp3) is 0.318. The molecule has 29 heavy (non-hydrogen) atoms. The van der Waals surface area contributed by atoms with Gasteiger partial charge in [0.05, 0.1) is 10.8 Å². The minimum atomic E-state index is -4.13. The molecule has 2 aromatic carbocycles. The molecule has 0 atom stereocenters. The van der Waals surface area contributed by atoms with E-state index in [9.17, 15) is 13.2 Å². The molecule has 7 heteroatoms. The Labute approximate surface area is 174 Å². The van der Waals surface area contributed by atoms with E-state index in [0.29, 0.717) is 16.7 Å². The van der Waals surface area contributed by atoms with Crippen molar-refractivity contribution in [3.05, 3.63) is 64.1 Å². The van der Waals surface area contributed by atoms with Crippen LogP contribution in [-0.2, 0) is 10.0 Å². The number of fused-ring (bicyclic) bond motifs is 1. The summed E-state index contributed by atoms with van der Waals surface area (Å²) >= 11 is 5.72. The monoisotopic (exact) mass is 433 g/mol. The maximum absolute atomic E-state index is 15.5. The van der Waals surface area contributed by atoms with Gasteiger partial charge in [0.2, 0.25) is 0 Å². The third kappa shape index (κ3) is 3.19. The first-order valence-corrected chi connectivity index (χ1v) is 11.4. The molecule has 1 aromatic heterocycles. The van der Waals surface area contributed by atoms with Crippen LogP contribution in [-0.4, -0.2) is 24.1 Å². The predicted octanol–water partition coefficient (Wildman–Crippen LogP) is 5.24. The number of alkyl halides is 1. The van der Waals surface area contributed by atoms with Gasteiger partial charge >= 0.3 is 0 Å². The highest BCUT2D eigenvalue weighted by atomic mass is 35.5. The molecule has 152 valence electrons. The molecule has 0 spiro atoms. The molecular weight excluding hydrogens is 413 g/mol. The Hall–Kier alpha value is -2.18. The number of rotatable bonds is 5. The molecule has 0 unspecified atom stereocenters. The summed E-state index contributed by atoms with van der Waals surface area (Å²) in [5, 5.41) is 0.267. The van der Waals surface area contributed by atoms with Crippen LogP contribution in [0.25, 0.3) is 10.9 Å². The number of hydrogen-bond donors (Lipinski definition) is 0. The van der Waals surface area contributed by atoms with E-state index in [0.717, 1.165) is 22.4 Å². The lowest BCUT2D eigenvalue weighted by Crippen LogP contribution is -2.16. The highest BCUT2D eigenvalue weighted by molar-refractivity contribution is 7.90. The second-order valence-electron chi connectivity index (χ2n) is 7.77. The molecule has 0 N–H and O–H groups in total. The van der Waals surface area contributed by atoms with Crippen molar-refractivity contribution in [3.63, 3.8) is 0 Å². The maximum atomic E-state index is 15.5. The van der Waals surface area contributed by atoms with Crippen LogP contribution in [0, 0.1) is 26.6 Å². The van der Waals surface area contributed by atoms with E-state index in [1.54, 1.807) is 38.1 Å². The van der Waals surface area contributed by atoms with E-state index in [2.05, 4.69) is 0 Å². The SMILES string of the molecule is Cc1cc(C)c(S(=O)(=O)n2cc(C(=O)CCl)c3ccc(C4CC4)c(F)c32)c(C)c1. The molecule has 1 aliphatic rings. The number of halogens is 2. The van der Waals surface area contributed by atoms with Crippen LogP contribution in [0.1, 0.15) is 51.4 Å². The molecular formula is C22H21ClFNO3S. The first-order valence-electron chi connectivity index (χ1n) is 9.42. The molecule has 1 fully saturated rings. The number of benzene rings is 2. The van der Waals surface area contributed by atoms with Crippen LogP contribution in [0.15, 0.2) is 35.4 Å². The summed E-state index contributed by atoms with van der Waals surface area (Å²) in [6, 6.07) is 6.84. The molecule has 4 nitrogen and oxygen atoms in total. The molecule has 0 radical (unpaired) electrons. The quantitative estimate of drug-likeness (QED) is 0.408. The van der Waals surface area contributed by atoms with Crippen molar-refractivity contribution in [1.82, 2.24) is 3.97 Å². The van der Waals surface area contributed by atoms with Crippen LogP contribution in [0.3, 0.4) is 0 Å². The van der Waals surface area contributed by atoms with Crippen LogP contribution < -0.4 is 0 Å². The average molecular weight is 434 g/mol. The van der Waals surface area contributed by atoms with Crippen molar-refractivity contribution in [2.45, 2.75) is 44.4 Å². The summed E-state index contributed by atoms with van der Waals surface area (Å²) in [6.07, 6.45) is 2.96. The lowest BCUT2D eigenvalue weighted by molar-refractivity contribution is 0.102. The molecule has 1 saturated carbocycles. The Morgan fingerprint density at radius 2 is 1.79 bits per heavy atom. The number of aryl methyl sites for hydroxylation is 3. The molecule has 0 bridgehead atoms. The molecule has 1 aliphatic carbocycles. The van der Waals surface area contributed by atoms with Gasteiger partial charge in [-0.1, -0.05) is 29.8 Å². The summed E-state index contributed by atoms with van der Waals surface area (Å²) in [5.74, 6) is -1.24. The summed E-state index contributed by atoms with van der Waals surface area (Å²) in [5.41, 5.74) is 2.62. The minimum Gasteiger partial charge on any atom is -0.293 e. The Morgan fingerprint density at radius 1 is 1.17 bits per heavy atom. The molecule has 4 rings (SSSR count). The van der Waals surface area contributed by atoms with Gasteiger partial charge in [0, 0.05) is 17.1 Å². The van der Waals surface area contributed by atoms with E-state index >= 15 is 4.39 Å². The smallest absolute Gasteiger partial charge is 0.268 e. The van der Waals surface area contributed by atoms with Gasteiger partial charge < -0.3 is 0 Å². The normalized spacial score (nSPS) is 14.5. The molecule has 3 aromatic rings. The first kappa shape index (κ1) is 20.1. The van der Waals surface area contributed by atoms with Crippen molar-refractivity contribution in [2.75, 3.05) is 5.88 Å². The average Bonchev–Trinajstić information content (AvgIpc) is 3.39. The zero-order valence-corrected chi connectivity index (χ0v) is 18.0. The summed E-state index contributed by atoms with van der Waals surface area (Å²) in [7, 11) is -4.13. The Balaban J connectivity index is 2.07. The van der Waals surface area contributed by atoms with Gasteiger partial charge in [0.25, 0.3) is 10.0 Å². The van der Waals surface area contributed by atoms with Crippen LogP contribution in [0.5, 0.6) is 0 Å². The maximum Gasteiger partial charge on any atom is 0.268 e. The number of nitrogens with zero attached hydrogens (tertiary/aromatic N) is 1. The Morgan fingerprint density at radius 3 is 2.34 bits per heavy atom. The minimum absolute atomic E-state index is 0.0813. The van der Waals surface area contributed by atoms with Crippen molar-refractivity contribution in [2.24, 2.45) is 0 Å². The number of carbonyl (C=O) groups excluding carboxylic acids is 1. The second kappa shape index (κ2) is 6.96. The molecule has 0 aliphatic heterocycles. The number of aromatic nitrogens is 1. The lowest BCUT2D eigenvalue weighted by atomic mass is 10.0. The van der Waals surface area contributed by atoms with Gasteiger partial charge in [-0.05, 0) is 56.2 Å². The van der Waals surface area contributed by atoms with Crippen LogP contribution in [0.2, 0.25) is 0 Å². The molecule has 0 saturated heterocycles. The molecule has 1 heterocycles. The number of Topliss-reactive ketones (excluding diaryl/α,β-unsaturated/α-hetero) is 1. The first-order chi connectivity index (χ1) is 13.7. The number of ketones is 1. The van der Waals surface area contributed by atoms with Crippen molar-refractivity contribution in [1.29, 1.82) is 0 Å². The number of hydrogen-bond acceptors (Lipinski definition) is 3. The fourth-order valence-electron chi connectivity index (χ4n) is 4.13. The van der Waals surface area contributed by atoms with E-state index in [-0.39, 0.29) is 33.2 Å². The highest BCUT2D eigenvalue weighted by Crippen LogP contribution is 2.43. The largest absolute Gasteiger partial charge is 0.293 e. The highest BCUT2D eigenvalue weighted by Gasteiger charge is 2.32. The molecule has 0 amide bonds. The van der Waals surface area contributed by atoms with Gasteiger partial charge in [-0.3, -0.25) is 4.79 Å². The summed E-state index contributed by atoms with van der Waals surface area (Å²) in [4.78, 5) is 12.5. The Bertz CT molecular complexity index is 1250. The topological polar surface area (TPSA) is 56.1 Å². The zero-order valence-electron chi connectivity index (χ0n) is 16.4. The number of carbonyl (C=O) groups is 1. The van der Waals surface area contributed by atoms with E-state index in [1.165, 1.54) is 6.20 Å². The second-order valence-corrected chi connectivity index (χ2v) is 9.79. The van der Waals surface area contributed by atoms with Crippen molar-refractivity contribution >= 4 is 38.3 Å².